The molecular weight excluding hydrogens is 462 g/mol. The van der Waals surface area contributed by atoms with Gasteiger partial charge in [0.15, 0.2) is 0 Å². The zero-order valence-electron chi connectivity index (χ0n) is 20.1. The van der Waals surface area contributed by atoms with Crippen molar-refractivity contribution in [2.24, 2.45) is 5.92 Å². The van der Waals surface area contributed by atoms with E-state index in [1.54, 1.807) is 27.2 Å². The second-order valence-corrected chi connectivity index (χ2v) is 11.6. The summed E-state index contributed by atoms with van der Waals surface area (Å²) in [6, 6.07) is 15.5. The van der Waals surface area contributed by atoms with Gasteiger partial charge < -0.3 is 4.90 Å². The number of carbonyl (C=O) groups is 1. The van der Waals surface area contributed by atoms with E-state index < -0.39 is 10.0 Å². The minimum atomic E-state index is -3.51. The van der Waals surface area contributed by atoms with Crippen LogP contribution in [0, 0.1) is 5.92 Å². The molecule has 9 heteroatoms. The molecule has 0 N–H and O–H groups in total. The number of carbonyl (C=O) groups excluding carboxylic acids is 1. The molecule has 0 bridgehead atoms. The number of rotatable bonds is 7. The van der Waals surface area contributed by atoms with Gasteiger partial charge in [-0.1, -0.05) is 42.0 Å². The van der Waals surface area contributed by atoms with E-state index in [2.05, 4.69) is 34.6 Å². The van der Waals surface area contributed by atoms with Gasteiger partial charge in [-0.3, -0.25) is 4.79 Å². The number of benzene rings is 2. The average molecular weight is 496 g/mol. The molecule has 2 aromatic carbocycles. The summed E-state index contributed by atoms with van der Waals surface area (Å²) in [5, 5.41) is 8.38. The van der Waals surface area contributed by atoms with Crippen LogP contribution < -0.4 is 0 Å². The third-order valence-electron chi connectivity index (χ3n) is 7.31. The lowest BCUT2D eigenvalue weighted by Gasteiger charge is -2.32. The number of amides is 1. The van der Waals surface area contributed by atoms with Crippen LogP contribution in [0.25, 0.3) is 11.0 Å². The predicted molar refractivity (Wildman–Crippen MR) is 134 cm³/mol. The van der Waals surface area contributed by atoms with Gasteiger partial charge in [-0.05, 0) is 61.8 Å². The van der Waals surface area contributed by atoms with E-state index in [0.717, 1.165) is 57.1 Å². The van der Waals surface area contributed by atoms with Gasteiger partial charge in [0.2, 0.25) is 15.9 Å². The largest absolute Gasteiger partial charge is 0.343 e. The van der Waals surface area contributed by atoms with Crippen molar-refractivity contribution < 1.29 is 13.2 Å². The summed E-state index contributed by atoms with van der Waals surface area (Å²) in [5.41, 5.74) is 2.65. The number of piperidine rings is 2. The van der Waals surface area contributed by atoms with E-state index in [1.165, 1.54) is 5.56 Å². The minimum Gasteiger partial charge on any atom is -0.343 e. The lowest BCUT2D eigenvalue weighted by molar-refractivity contribution is -0.132. The summed E-state index contributed by atoms with van der Waals surface area (Å²) in [7, 11) is -3.51. The van der Waals surface area contributed by atoms with Crippen molar-refractivity contribution in [1.82, 2.24) is 24.2 Å². The van der Waals surface area contributed by atoms with Gasteiger partial charge in [-0.2, -0.15) is 4.31 Å². The second kappa shape index (κ2) is 10.5. The first-order valence-electron chi connectivity index (χ1n) is 12.7. The first-order valence-corrected chi connectivity index (χ1v) is 14.1. The SMILES string of the molecule is O=C(CCn1nnc2cc(S(=O)(=O)N3CCCCC3)ccc21)N1CCC(Cc2ccccc2)CC1. The fourth-order valence-corrected chi connectivity index (χ4v) is 6.76. The first kappa shape index (κ1) is 23.9. The van der Waals surface area contributed by atoms with E-state index in [4.69, 9.17) is 0 Å². The third-order valence-corrected chi connectivity index (χ3v) is 9.20. The van der Waals surface area contributed by atoms with Crippen LogP contribution in [-0.4, -0.2) is 64.7 Å². The molecule has 1 amide bonds. The maximum Gasteiger partial charge on any atom is 0.243 e. The number of hydrogen-bond donors (Lipinski definition) is 0. The Labute approximate surface area is 207 Å². The van der Waals surface area contributed by atoms with Gasteiger partial charge in [0, 0.05) is 32.6 Å². The quantitative estimate of drug-likeness (QED) is 0.501. The zero-order valence-corrected chi connectivity index (χ0v) is 20.9. The normalized spacial score (nSPS) is 18.2. The van der Waals surface area contributed by atoms with Gasteiger partial charge in [0.05, 0.1) is 17.0 Å². The molecule has 1 aromatic heterocycles. The van der Waals surface area contributed by atoms with Gasteiger partial charge >= 0.3 is 0 Å². The molecule has 0 radical (unpaired) electrons. The average Bonchev–Trinajstić information content (AvgIpc) is 3.31. The van der Waals surface area contributed by atoms with Gasteiger partial charge in [0.25, 0.3) is 0 Å². The summed E-state index contributed by atoms with van der Waals surface area (Å²) >= 11 is 0. The highest BCUT2D eigenvalue weighted by molar-refractivity contribution is 7.89. The van der Waals surface area contributed by atoms with Gasteiger partial charge in [-0.15, -0.1) is 5.10 Å². The minimum absolute atomic E-state index is 0.135. The molecule has 0 saturated carbocycles. The Kier molecular flexibility index (Phi) is 7.15. The molecule has 0 spiro atoms. The van der Waals surface area contributed by atoms with Crippen LogP contribution in [0.15, 0.2) is 53.4 Å². The molecular formula is C26H33N5O3S. The fourth-order valence-electron chi connectivity index (χ4n) is 5.23. The van der Waals surface area contributed by atoms with E-state index in [-0.39, 0.29) is 10.8 Å². The van der Waals surface area contributed by atoms with Crippen molar-refractivity contribution in [3.8, 4) is 0 Å². The van der Waals surface area contributed by atoms with Crippen molar-refractivity contribution in [3.05, 3.63) is 54.1 Å². The Morgan fingerprint density at radius 2 is 1.69 bits per heavy atom. The van der Waals surface area contributed by atoms with Crippen molar-refractivity contribution in [3.63, 3.8) is 0 Å². The molecule has 3 heterocycles. The highest BCUT2D eigenvalue weighted by Crippen LogP contribution is 2.24. The Balaban J connectivity index is 1.16. The molecule has 0 atom stereocenters. The molecule has 35 heavy (non-hydrogen) atoms. The number of fused-ring (bicyclic) bond motifs is 1. The Bertz CT molecular complexity index is 1260. The van der Waals surface area contributed by atoms with Crippen LogP contribution in [0.1, 0.15) is 44.1 Å². The zero-order chi connectivity index (χ0) is 24.3. The smallest absolute Gasteiger partial charge is 0.243 e. The molecule has 0 aliphatic carbocycles. The number of aromatic nitrogens is 3. The molecule has 8 nitrogen and oxygen atoms in total. The van der Waals surface area contributed by atoms with Crippen LogP contribution in [-0.2, 0) is 27.8 Å². The fraction of sp³-hybridized carbons (Fsp3) is 0.500. The molecule has 5 rings (SSSR count). The number of sulfonamides is 1. The summed E-state index contributed by atoms with van der Waals surface area (Å²) in [4.78, 5) is 15.1. The van der Waals surface area contributed by atoms with Crippen LogP contribution in [0.4, 0.5) is 0 Å². The van der Waals surface area contributed by atoms with Crippen molar-refractivity contribution in [2.45, 2.75) is 56.4 Å². The molecule has 2 saturated heterocycles. The van der Waals surface area contributed by atoms with Crippen LogP contribution in [0.3, 0.4) is 0 Å². The standard InChI is InChI=1S/C26H33N5O3S/c32-26(29-16-11-22(12-17-29)19-21-7-3-1-4-8-21)13-18-31-25-10-9-23(20-24(25)27-28-31)35(33,34)30-14-5-2-6-15-30/h1,3-4,7-10,20,22H,2,5-6,11-19H2. The Morgan fingerprint density at radius 1 is 0.943 bits per heavy atom. The van der Waals surface area contributed by atoms with Crippen molar-refractivity contribution in [2.75, 3.05) is 26.2 Å². The van der Waals surface area contributed by atoms with Gasteiger partial charge in [-0.25, -0.2) is 13.1 Å². The number of nitrogens with zero attached hydrogens (tertiary/aromatic N) is 5. The number of likely N-dealkylation sites (tertiary alicyclic amines) is 1. The summed E-state index contributed by atoms with van der Waals surface area (Å²) in [5.74, 6) is 0.757. The predicted octanol–water partition coefficient (Wildman–Crippen LogP) is 3.48. The molecule has 186 valence electrons. The monoisotopic (exact) mass is 495 g/mol. The number of aryl methyl sites for hydroxylation is 1. The number of hydrogen-bond acceptors (Lipinski definition) is 5. The topological polar surface area (TPSA) is 88.4 Å². The van der Waals surface area contributed by atoms with Gasteiger partial charge in [0.1, 0.15) is 5.52 Å². The lowest BCUT2D eigenvalue weighted by Crippen LogP contribution is -2.39. The van der Waals surface area contributed by atoms with Crippen LogP contribution in [0.2, 0.25) is 0 Å². The van der Waals surface area contributed by atoms with Crippen LogP contribution >= 0.6 is 0 Å². The molecule has 2 aliphatic rings. The highest BCUT2D eigenvalue weighted by Gasteiger charge is 2.27. The maximum atomic E-state index is 13.0. The third kappa shape index (κ3) is 5.41. The Morgan fingerprint density at radius 3 is 2.43 bits per heavy atom. The van der Waals surface area contributed by atoms with Crippen molar-refractivity contribution in [1.29, 1.82) is 0 Å². The second-order valence-electron chi connectivity index (χ2n) is 9.69. The maximum absolute atomic E-state index is 13.0. The summed E-state index contributed by atoms with van der Waals surface area (Å²) in [6.45, 7) is 3.16. The van der Waals surface area contributed by atoms with Crippen LogP contribution in [0.5, 0.6) is 0 Å². The lowest BCUT2D eigenvalue weighted by atomic mass is 9.90. The highest BCUT2D eigenvalue weighted by atomic mass is 32.2. The molecule has 3 aromatic rings. The van der Waals surface area contributed by atoms with E-state index >= 15 is 0 Å². The Hall–Kier alpha value is -2.78. The van der Waals surface area contributed by atoms with E-state index in [1.807, 2.05) is 11.0 Å². The molecule has 2 aliphatic heterocycles. The summed E-state index contributed by atoms with van der Waals surface area (Å²) < 4.78 is 29.2. The molecule has 0 unspecified atom stereocenters. The first-order chi connectivity index (χ1) is 17.0. The van der Waals surface area contributed by atoms with E-state index in [0.29, 0.717) is 37.5 Å². The van der Waals surface area contributed by atoms with E-state index in [9.17, 15) is 13.2 Å². The van der Waals surface area contributed by atoms with Crippen molar-refractivity contribution >= 4 is 27.0 Å². The summed E-state index contributed by atoms with van der Waals surface area (Å²) in [6.07, 6.45) is 6.36. The molecule has 2 fully saturated rings.